The Hall–Kier alpha value is -3.59. The van der Waals surface area contributed by atoms with Crippen molar-refractivity contribution in [1.82, 2.24) is 9.88 Å². The van der Waals surface area contributed by atoms with E-state index in [1.54, 1.807) is 18.2 Å². The number of aromatic nitrogens is 1. The van der Waals surface area contributed by atoms with Crippen molar-refractivity contribution in [2.75, 3.05) is 31.1 Å². The molecule has 0 spiro atoms. The number of H-pyrrole nitrogens is 1. The van der Waals surface area contributed by atoms with Gasteiger partial charge in [-0.3, -0.25) is 9.59 Å². The molecule has 4 rings (SSSR count). The van der Waals surface area contributed by atoms with Gasteiger partial charge in [-0.25, -0.2) is 0 Å². The Kier molecular flexibility index (Phi) is 4.58. The molecule has 1 aromatic heterocycles. The Morgan fingerprint density at radius 2 is 1.79 bits per heavy atom. The number of Topliss-reactive ketones (excluding diaryl/α,β-unsaturated/α-hetero) is 1. The zero-order chi connectivity index (χ0) is 19.7. The van der Waals surface area contributed by atoms with Crippen LogP contribution >= 0.6 is 0 Å². The standard InChI is InChI=1S/C22H20N4O2/c1-15(27)18-7-6-16(14-23)12-21(18)25-8-10-26(11-9-25)22(28)20-13-17-4-2-3-5-19(17)24-20/h2-7,12-13,24H,8-11H2,1H3. The first-order valence-corrected chi connectivity index (χ1v) is 9.24. The molecule has 1 N–H and O–H groups in total. The minimum absolute atomic E-state index is 0.0200. The van der Waals surface area contributed by atoms with Gasteiger partial charge in [0.2, 0.25) is 0 Å². The molecule has 6 nitrogen and oxygen atoms in total. The van der Waals surface area contributed by atoms with E-state index >= 15 is 0 Å². The predicted molar refractivity (Wildman–Crippen MR) is 108 cm³/mol. The zero-order valence-corrected chi connectivity index (χ0v) is 15.6. The number of carbonyl (C=O) groups excluding carboxylic acids is 2. The van der Waals surface area contributed by atoms with Crippen LogP contribution in [0.1, 0.15) is 33.3 Å². The number of para-hydroxylation sites is 1. The van der Waals surface area contributed by atoms with E-state index in [2.05, 4.69) is 16.0 Å². The summed E-state index contributed by atoms with van der Waals surface area (Å²) in [5, 5.41) is 10.2. The van der Waals surface area contributed by atoms with Crippen LogP contribution in [0.3, 0.4) is 0 Å². The molecule has 1 fully saturated rings. The highest BCUT2D eigenvalue weighted by Gasteiger charge is 2.25. The third-order valence-corrected chi connectivity index (χ3v) is 5.17. The number of fused-ring (bicyclic) bond motifs is 1. The van der Waals surface area contributed by atoms with E-state index in [0.29, 0.717) is 43.0 Å². The molecule has 1 aliphatic rings. The molecular formula is C22H20N4O2. The molecule has 2 aromatic carbocycles. The highest BCUT2D eigenvalue weighted by atomic mass is 16.2. The van der Waals surface area contributed by atoms with Crippen molar-refractivity contribution in [2.24, 2.45) is 0 Å². The number of nitriles is 1. The van der Waals surface area contributed by atoms with Crippen LogP contribution < -0.4 is 4.90 Å². The molecule has 1 aliphatic heterocycles. The van der Waals surface area contributed by atoms with Crippen LogP contribution in [0.15, 0.2) is 48.5 Å². The first-order valence-electron chi connectivity index (χ1n) is 9.24. The monoisotopic (exact) mass is 372 g/mol. The van der Waals surface area contributed by atoms with E-state index < -0.39 is 0 Å². The minimum Gasteiger partial charge on any atom is -0.367 e. The number of hydrogen-bond acceptors (Lipinski definition) is 4. The SMILES string of the molecule is CC(=O)c1ccc(C#N)cc1N1CCN(C(=O)c2cc3ccccc3[nH]2)CC1. The maximum atomic E-state index is 12.9. The Labute approximate surface area is 163 Å². The molecule has 2 heterocycles. The molecule has 140 valence electrons. The van der Waals surface area contributed by atoms with Gasteiger partial charge in [-0.15, -0.1) is 0 Å². The first-order chi connectivity index (χ1) is 13.6. The Bertz CT molecular complexity index is 1070. The number of anilines is 1. The van der Waals surface area contributed by atoms with Crippen LogP contribution in [0.2, 0.25) is 0 Å². The van der Waals surface area contributed by atoms with Crippen LogP contribution in [0, 0.1) is 11.3 Å². The molecule has 1 saturated heterocycles. The van der Waals surface area contributed by atoms with E-state index in [4.69, 9.17) is 0 Å². The lowest BCUT2D eigenvalue weighted by molar-refractivity contribution is 0.0741. The summed E-state index contributed by atoms with van der Waals surface area (Å²) in [6.45, 7) is 3.87. The van der Waals surface area contributed by atoms with Crippen LogP contribution in [-0.4, -0.2) is 47.8 Å². The van der Waals surface area contributed by atoms with Crippen molar-refractivity contribution >= 4 is 28.3 Å². The second kappa shape index (κ2) is 7.20. The van der Waals surface area contributed by atoms with Crippen molar-refractivity contribution in [3.05, 3.63) is 65.4 Å². The summed E-state index contributed by atoms with van der Waals surface area (Å²) in [6, 6.07) is 17.0. The van der Waals surface area contributed by atoms with Crippen LogP contribution in [0.25, 0.3) is 10.9 Å². The van der Waals surface area contributed by atoms with E-state index in [-0.39, 0.29) is 11.7 Å². The predicted octanol–water partition coefficient (Wildman–Crippen LogP) is 3.20. The van der Waals surface area contributed by atoms with Crippen LogP contribution in [-0.2, 0) is 0 Å². The normalized spacial score (nSPS) is 14.1. The van der Waals surface area contributed by atoms with Gasteiger partial charge in [-0.05, 0) is 37.3 Å². The third kappa shape index (κ3) is 3.23. The molecule has 6 heteroatoms. The average Bonchev–Trinajstić information content (AvgIpc) is 3.17. The topological polar surface area (TPSA) is 80.2 Å². The number of piperazine rings is 1. The Morgan fingerprint density at radius 1 is 1.04 bits per heavy atom. The molecular weight excluding hydrogens is 352 g/mol. The smallest absolute Gasteiger partial charge is 0.270 e. The molecule has 0 unspecified atom stereocenters. The Morgan fingerprint density at radius 3 is 2.46 bits per heavy atom. The van der Waals surface area contributed by atoms with Crippen LogP contribution in [0.4, 0.5) is 5.69 Å². The number of carbonyl (C=O) groups is 2. The lowest BCUT2D eigenvalue weighted by Gasteiger charge is -2.36. The number of nitrogens with zero attached hydrogens (tertiary/aromatic N) is 3. The van der Waals surface area contributed by atoms with Crippen LogP contribution in [0.5, 0.6) is 0 Å². The van der Waals surface area contributed by atoms with Gasteiger partial charge in [0.05, 0.1) is 11.6 Å². The third-order valence-electron chi connectivity index (χ3n) is 5.17. The first kappa shape index (κ1) is 17.8. The summed E-state index contributed by atoms with van der Waals surface area (Å²) < 4.78 is 0. The van der Waals surface area contributed by atoms with Gasteiger partial charge in [-0.1, -0.05) is 18.2 Å². The lowest BCUT2D eigenvalue weighted by atomic mass is 10.0. The van der Waals surface area contributed by atoms with Gasteiger partial charge in [-0.2, -0.15) is 5.26 Å². The molecule has 0 bridgehead atoms. The molecule has 1 amide bonds. The highest BCUT2D eigenvalue weighted by molar-refractivity contribution is 6.00. The number of rotatable bonds is 3. The highest BCUT2D eigenvalue weighted by Crippen LogP contribution is 2.25. The van der Waals surface area contributed by atoms with Crippen molar-refractivity contribution in [2.45, 2.75) is 6.92 Å². The van der Waals surface area contributed by atoms with Crippen molar-refractivity contribution in [3.8, 4) is 6.07 Å². The number of benzene rings is 2. The number of nitrogens with one attached hydrogen (secondary N) is 1. The fourth-order valence-electron chi connectivity index (χ4n) is 3.67. The summed E-state index contributed by atoms with van der Waals surface area (Å²) in [4.78, 5) is 31.9. The lowest BCUT2D eigenvalue weighted by Crippen LogP contribution is -2.49. The molecule has 0 saturated carbocycles. The zero-order valence-electron chi connectivity index (χ0n) is 15.6. The van der Waals surface area contributed by atoms with Gasteiger partial charge in [0, 0.05) is 48.3 Å². The molecule has 0 atom stereocenters. The Balaban J connectivity index is 1.51. The fraction of sp³-hybridized carbons (Fsp3) is 0.227. The van der Waals surface area contributed by atoms with E-state index in [1.165, 1.54) is 6.92 Å². The maximum absolute atomic E-state index is 12.9. The van der Waals surface area contributed by atoms with Crippen molar-refractivity contribution in [3.63, 3.8) is 0 Å². The number of ketones is 1. The van der Waals surface area contributed by atoms with E-state index in [1.807, 2.05) is 35.2 Å². The molecule has 0 aliphatic carbocycles. The summed E-state index contributed by atoms with van der Waals surface area (Å²) in [6.07, 6.45) is 0. The largest absolute Gasteiger partial charge is 0.367 e. The summed E-state index contributed by atoms with van der Waals surface area (Å²) >= 11 is 0. The summed E-state index contributed by atoms with van der Waals surface area (Å²) in [5.41, 5.74) is 3.43. The van der Waals surface area contributed by atoms with Crippen molar-refractivity contribution in [1.29, 1.82) is 5.26 Å². The minimum atomic E-state index is -0.0314. The molecule has 28 heavy (non-hydrogen) atoms. The average molecular weight is 372 g/mol. The molecule has 0 radical (unpaired) electrons. The summed E-state index contributed by atoms with van der Waals surface area (Å²) in [5.74, 6) is -0.0514. The van der Waals surface area contributed by atoms with E-state index in [9.17, 15) is 14.9 Å². The quantitative estimate of drug-likeness (QED) is 0.716. The fourth-order valence-corrected chi connectivity index (χ4v) is 3.67. The number of aromatic amines is 1. The van der Waals surface area contributed by atoms with Gasteiger partial charge in [0.15, 0.2) is 5.78 Å². The number of amides is 1. The van der Waals surface area contributed by atoms with Gasteiger partial charge < -0.3 is 14.8 Å². The second-order valence-corrected chi connectivity index (χ2v) is 6.95. The molecule has 3 aromatic rings. The second-order valence-electron chi connectivity index (χ2n) is 6.95. The maximum Gasteiger partial charge on any atom is 0.270 e. The summed E-state index contributed by atoms with van der Waals surface area (Å²) in [7, 11) is 0. The van der Waals surface area contributed by atoms with Gasteiger partial charge in [0.1, 0.15) is 5.69 Å². The van der Waals surface area contributed by atoms with Gasteiger partial charge >= 0.3 is 0 Å². The number of hydrogen-bond donors (Lipinski definition) is 1. The van der Waals surface area contributed by atoms with E-state index in [0.717, 1.165) is 16.6 Å². The van der Waals surface area contributed by atoms with Crippen molar-refractivity contribution < 1.29 is 9.59 Å². The van der Waals surface area contributed by atoms with Gasteiger partial charge in [0.25, 0.3) is 5.91 Å².